The minimum Gasteiger partial charge on any atom is -0.379 e. The number of hydrogen-bond acceptors (Lipinski definition) is 4. The predicted octanol–water partition coefficient (Wildman–Crippen LogP) is 0.177. The summed E-state index contributed by atoms with van der Waals surface area (Å²) >= 11 is 0. The van der Waals surface area contributed by atoms with E-state index in [1.54, 1.807) is 7.11 Å². The molecule has 0 spiro atoms. The Morgan fingerprint density at radius 2 is 1.92 bits per heavy atom. The van der Waals surface area contributed by atoms with E-state index in [1.807, 2.05) is 4.90 Å². The van der Waals surface area contributed by atoms with Crippen LogP contribution in [0.1, 0.15) is 44.9 Å². The second-order valence-electron chi connectivity index (χ2n) is 8.24. The minimum absolute atomic E-state index is 0.130. The van der Waals surface area contributed by atoms with Crippen LogP contribution in [0, 0.1) is 5.92 Å². The molecular formula is C19H34N3O3+. The summed E-state index contributed by atoms with van der Waals surface area (Å²) in [5, 5.41) is 2.48. The Hall–Kier alpha value is -0.690. The molecule has 5 unspecified atom stereocenters. The molecule has 0 aromatic rings. The average molecular weight is 352 g/mol. The van der Waals surface area contributed by atoms with Gasteiger partial charge in [-0.05, 0) is 38.0 Å². The zero-order chi connectivity index (χ0) is 17.2. The van der Waals surface area contributed by atoms with Gasteiger partial charge in [0.05, 0.1) is 18.8 Å². The van der Waals surface area contributed by atoms with E-state index >= 15 is 0 Å². The van der Waals surface area contributed by atoms with Crippen molar-refractivity contribution in [1.29, 1.82) is 0 Å². The normalized spacial score (nSPS) is 40.0. The van der Waals surface area contributed by atoms with Crippen LogP contribution >= 0.6 is 0 Å². The van der Waals surface area contributed by atoms with Crippen molar-refractivity contribution >= 4 is 5.91 Å². The lowest BCUT2D eigenvalue weighted by molar-refractivity contribution is -0.717. The summed E-state index contributed by atoms with van der Waals surface area (Å²) in [5.74, 6) is 0.724. The van der Waals surface area contributed by atoms with Crippen molar-refractivity contribution in [2.75, 3.05) is 39.8 Å². The second kappa shape index (κ2) is 7.91. The Balaban J connectivity index is 1.29. The zero-order valence-electron chi connectivity index (χ0n) is 15.6. The summed E-state index contributed by atoms with van der Waals surface area (Å²) in [6, 6.07) is 0. The van der Waals surface area contributed by atoms with E-state index in [4.69, 9.17) is 9.47 Å². The average Bonchev–Trinajstić information content (AvgIpc) is 3.12. The van der Waals surface area contributed by atoms with Crippen LogP contribution < -0.4 is 5.32 Å². The lowest BCUT2D eigenvalue weighted by atomic mass is 9.83. The Morgan fingerprint density at radius 3 is 2.64 bits per heavy atom. The number of quaternary nitrogens is 1. The fraction of sp³-hybridized carbons (Fsp3) is 0.947. The number of methoxy groups -OCH3 is 1. The first kappa shape index (κ1) is 17.7. The van der Waals surface area contributed by atoms with E-state index in [2.05, 4.69) is 10.2 Å². The number of ether oxygens (including phenoxy) is 2. The number of piperidine rings is 1. The first-order valence-electron chi connectivity index (χ1n) is 10.3. The quantitative estimate of drug-likeness (QED) is 0.787. The number of nitrogens with zero attached hydrogens (tertiary/aromatic N) is 2. The zero-order valence-corrected chi connectivity index (χ0v) is 15.6. The van der Waals surface area contributed by atoms with Gasteiger partial charge < -0.3 is 19.7 Å². The molecule has 6 nitrogen and oxygen atoms in total. The number of rotatable bonds is 3. The Bertz CT molecular complexity index is 461. The van der Waals surface area contributed by atoms with Gasteiger partial charge in [0.2, 0.25) is 0 Å². The monoisotopic (exact) mass is 352 g/mol. The van der Waals surface area contributed by atoms with Crippen molar-refractivity contribution in [1.82, 2.24) is 9.80 Å². The van der Waals surface area contributed by atoms with Gasteiger partial charge in [0.25, 0.3) is 5.91 Å². The first-order chi connectivity index (χ1) is 12.3. The van der Waals surface area contributed by atoms with Crippen molar-refractivity contribution in [3.05, 3.63) is 0 Å². The standard InChI is InChI=1S/C19H33N3O3/c1-24-15-6-4-5-14-13-16(25-18(14)15)19(23)22-11-9-21(10-12-22)17-7-2-3-8-20-17/h14-18,20H,2-13H2,1H3/p+1. The largest absolute Gasteiger partial charge is 0.379 e. The van der Waals surface area contributed by atoms with Crippen LogP contribution in [0.5, 0.6) is 0 Å². The molecule has 1 aliphatic carbocycles. The minimum atomic E-state index is -0.237. The van der Waals surface area contributed by atoms with Crippen LogP contribution in [-0.4, -0.2) is 80.0 Å². The van der Waals surface area contributed by atoms with E-state index in [-0.39, 0.29) is 24.2 Å². The molecule has 3 aliphatic heterocycles. The van der Waals surface area contributed by atoms with E-state index < -0.39 is 0 Å². The highest BCUT2D eigenvalue weighted by atomic mass is 16.5. The fourth-order valence-corrected chi connectivity index (χ4v) is 5.33. The number of carbonyl (C=O) groups is 1. The molecule has 5 atom stereocenters. The van der Waals surface area contributed by atoms with Gasteiger partial charge in [-0.3, -0.25) is 9.69 Å². The van der Waals surface area contributed by atoms with Gasteiger partial charge >= 0.3 is 0 Å². The van der Waals surface area contributed by atoms with Gasteiger partial charge in [-0.1, -0.05) is 6.42 Å². The molecule has 6 heteroatoms. The summed E-state index contributed by atoms with van der Waals surface area (Å²) in [6.45, 7) is 4.97. The van der Waals surface area contributed by atoms with Crippen LogP contribution in [0.25, 0.3) is 0 Å². The molecule has 4 rings (SSSR count). The maximum Gasteiger partial charge on any atom is 0.251 e. The molecule has 142 valence electrons. The smallest absolute Gasteiger partial charge is 0.251 e. The Labute approximate surface area is 151 Å². The third-order valence-electron chi connectivity index (χ3n) is 6.80. The van der Waals surface area contributed by atoms with E-state index in [9.17, 15) is 4.79 Å². The van der Waals surface area contributed by atoms with Crippen LogP contribution in [0.4, 0.5) is 0 Å². The maximum atomic E-state index is 13.0. The summed E-state index contributed by atoms with van der Waals surface area (Å²) in [7, 11) is 1.77. The molecule has 4 fully saturated rings. The maximum absolute atomic E-state index is 13.0. The lowest BCUT2D eigenvalue weighted by Crippen LogP contribution is -2.95. The highest BCUT2D eigenvalue weighted by molar-refractivity contribution is 5.81. The van der Waals surface area contributed by atoms with Gasteiger partial charge in [-0.15, -0.1) is 0 Å². The van der Waals surface area contributed by atoms with E-state index in [0.29, 0.717) is 12.1 Å². The Kier molecular flexibility index (Phi) is 5.60. The number of nitrogens with two attached hydrogens (primary N) is 1. The molecule has 25 heavy (non-hydrogen) atoms. The van der Waals surface area contributed by atoms with Crippen molar-refractivity contribution in [2.24, 2.45) is 5.92 Å². The third kappa shape index (κ3) is 3.72. The van der Waals surface area contributed by atoms with Crippen LogP contribution in [-0.2, 0) is 14.3 Å². The SMILES string of the molecule is COC1CCCC2CC(C(=O)N3CCN(C4CCCC[NH2+]4)CC3)OC21. The predicted molar refractivity (Wildman–Crippen MR) is 94.0 cm³/mol. The van der Waals surface area contributed by atoms with Crippen LogP contribution in [0.2, 0.25) is 0 Å². The molecule has 1 saturated carbocycles. The van der Waals surface area contributed by atoms with Crippen LogP contribution in [0.3, 0.4) is 0 Å². The van der Waals surface area contributed by atoms with Gasteiger partial charge in [-0.2, -0.15) is 0 Å². The number of amides is 1. The van der Waals surface area contributed by atoms with Crippen molar-refractivity contribution in [2.45, 2.75) is 69.4 Å². The molecule has 3 saturated heterocycles. The van der Waals surface area contributed by atoms with Gasteiger partial charge in [0.1, 0.15) is 12.3 Å². The van der Waals surface area contributed by atoms with Gasteiger partial charge in [-0.25, -0.2) is 0 Å². The van der Waals surface area contributed by atoms with E-state index in [0.717, 1.165) is 39.0 Å². The highest BCUT2D eigenvalue weighted by Crippen LogP contribution is 2.39. The molecule has 0 bridgehead atoms. The second-order valence-corrected chi connectivity index (χ2v) is 8.24. The van der Waals surface area contributed by atoms with Gasteiger partial charge in [0, 0.05) is 39.7 Å². The fourth-order valence-electron chi connectivity index (χ4n) is 5.33. The summed E-state index contributed by atoms with van der Waals surface area (Å²) in [5.41, 5.74) is 0. The summed E-state index contributed by atoms with van der Waals surface area (Å²) in [6.07, 6.45) is 9.02. The van der Waals surface area contributed by atoms with E-state index in [1.165, 1.54) is 38.6 Å². The molecule has 3 heterocycles. The summed E-state index contributed by atoms with van der Waals surface area (Å²) < 4.78 is 11.8. The first-order valence-corrected chi connectivity index (χ1v) is 10.3. The highest BCUT2D eigenvalue weighted by Gasteiger charge is 2.46. The molecule has 0 radical (unpaired) electrons. The molecule has 0 aromatic carbocycles. The number of piperazine rings is 1. The van der Waals surface area contributed by atoms with Crippen molar-refractivity contribution < 1.29 is 19.6 Å². The number of fused-ring (bicyclic) bond motifs is 1. The van der Waals surface area contributed by atoms with Crippen molar-refractivity contribution in [3.63, 3.8) is 0 Å². The molecular weight excluding hydrogens is 318 g/mol. The van der Waals surface area contributed by atoms with Crippen molar-refractivity contribution in [3.8, 4) is 0 Å². The lowest BCUT2D eigenvalue weighted by Gasteiger charge is -2.39. The summed E-state index contributed by atoms with van der Waals surface area (Å²) in [4.78, 5) is 17.6. The molecule has 4 aliphatic rings. The molecule has 1 amide bonds. The number of carbonyl (C=O) groups excluding carboxylic acids is 1. The third-order valence-corrected chi connectivity index (χ3v) is 6.80. The van der Waals surface area contributed by atoms with Gasteiger partial charge in [0.15, 0.2) is 0 Å². The van der Waals surface area contributed by atoms with Crippen LogP contribution in [0.15, 0.2) is 0 Å². The number of hydrogen-bond donors (Lipinski definition) is 1. The topological polar surface area (TPSA) is 58.6 Å². The Morgan fingerprint density at radius 1 is 1.08 bits per heavy atom. The molecule has 2 N–H and O–H groups in total. The molecule has 0 aromatic heterocycles.